The SMILES string of the molecule is Cc1c(CC(=O)N[C@@H](C)c2cnc(C#N)cn2)c(=O)[nH]c2cc(F)c(F)cc12. The standard InChI is InChI=1S/C19H15F2N5O2/c1-9-12-3-14(20)15(21)5-16(12)26-19(28)13(9)4-18(27)25-10(2)17-8-23-11(6-22)7-24-17/h3,5,7-8,10H,4H2,1-2H3,(H,25,27)(H,26,28)/t10-/m0/s1. The Balaban J connectivity index is 1.83. The number of aromatic nitrogens is 3. The first kappa shape index (κ1) is 19.1. The van der Waals surface area contributed by atoms with Crippen molar-refractivity contribution in [3.05, 3.63) is 69.0 Å². The largest absolute Gasteiger partial charge is 0.348 e. The maximum atomic E-state index is 13.6. The summed E-state index contributed by atoms with van der Waals surface area (Å²) in [6.45, 7) is 3.26. The highest BCUT2D eigenvalue weighted by atomic mass is 19.2. The van der Waals surface area contributed by atoms with Gasteiger partial charge in [0, 0.05) is 17.0 Å². The number of rotatable bonds is 4. The van der Waals surface area contributed by atoms with Crippen LogP contribution in [0.4, 0.5) is 8.78 Å². The second kappa shape index (κ2) is 7.52. The molecule has 9 heteroatoms. The molecular weight excluding hydrogens is 368 g/mol. The molecule has 0 saturated heterocycles. The first-order valence-electron chi connectivity index (χ1n) is 8.32. The minimum absolute atomic E-state index is 0.157. The van der Waals surface area contributed by atoms with Crippen LogP contribution in [0, 0.1) is 29.9 Å². The highest BCUT2D eigenvalue weighted by Crippen LogP contribution is 2.21. The summed E-state index contributed by atoms with van der Waals surface area (Å²) >= 11 is 0. The second-order valence-corrected chi connectivity index (χ2v) is 6.27. The number of benzene rings is 1. The third-order valence-corrected chi connectivity index (χ3v) is 4.38. The predicted molar refractivity (Wildman–Crippen MR) is 96.2 cm³/mol. The number of nitriles is 1. The normalized spacial score (nSPS) is 11.8. The molecule has 2 aromatic heterocycles. The molecule has 1 atom stereocenters. The van der Waals surface area contributed by atoms with Crippen molar-refractivity contribution in [2.24, 2.45) is 0 Å². The lowest BCUT2D eigenvalue weighted by molar-refractivity contribution is -0.121. The summed E-state index contributed by atoms with van der Waals surface area (Å²) in [7, 11) is 0. The van der Waals surface area contributed by atoms with Gasteiger partial charge in [0.1, 0.15) is 6.07 Å². The number of aromatic amines is 1. The summed E-state index contributed by atoms with van der Waals surface area (Å²) in [6, 6.07) is 3.25. The van der Waals surface area contributed by atoms with E-state index >= 15 is 0 Å². The number of pyridine rings is 1. The Kier molecular flexibility index (Phi) is 5.13. The molecule has 3 rings (SSSR count). The molecule has 1 amide bonds. The van der Waals surface area contributed by atoms with Gasteiger partial charge >= 0.3 is 0 Å². The third-order valence-electron chi connectivity index (χ3n) is 4.38. The number of hydrogen-bond donors (Lipinski definition) is 2. The van der Waals surface area contributed by atoms with Gasteiger partial charge in [-0.1, -0.05) is 0 Å². The number of aryl methyl sites for hydroxylation is 1. The molecule has 0 fully saturated rings. The molecule has 0 aliphatic rings. The van der Waals surface area contributed by atoms with Crippen molar-refractivity contribution in [2.75, 3.05) is 0 Å². The first-order valence-corrected chi connectivity index (χ1v) is 8.32. The number of amides is 1. The van der Waals surface area contributed by atoms with Crippen LogP contribution in [0.1, 0.15) is 35.5 Å². The quantitative estimate of drug-likeness (QED) is 0.717. The lowest BCUT2D eigenvalue weighted by Crippen LogP contribution is -2.31. The zero-order chi connectivity index (χ0) is 20.4. The monoisotopic (exact) mass is 383 g/mol. The second-order valence-electron chi connectivity index (χ2n) is 6.27. The summed E-state index contributed by atoms with van der Waals surface area (Å²) in [4.78, 5) is 35.1. The maximum absolute atomic E-state index is 13.6. The topological polar surface area (TPSA) is 112 Å². The van der Waals surface area contributed by atoms with E-state index in [1.807, 2.05) is 6.07 Å². The highest BCUT2D eigenvalue weighted by molar-refractivity contribution is 5.86. The van der Waals surface area contributed by atoms with Crippen molar-refractivity contribution in [3.8, 4) is 6.07 Å². The molecule has 28 heavy (non-hydrogen) atoms. The molecule has 0 aliphatic heterocycles. The van der Waals surface area contributed by atoms with Gasteiger partial charge in [-0.15, -0.1) is 0 Å². The Bertz CT molecular complexity index is 1170. The number of nitrogens with one attached hydrogen (secondary N) is 2. The summed E-state index contributed by atoms with van der Waals surface area (Å²) < 4.78 is 26.9. The van der Waals surface area contributed by atoms with Gasteiger partial charge in [-0.3, -0.25) is 14.6 Å². The van der Waals surface area contributed by atoms with Crippen molar-refractivity contribution >= 4 is 16.8 Å². The molecule has 0 saturated carbocycles. The zero-order valence-electron chi connectivity index (χ0n) is 15.0. The van der Waals surface area contributed by atoms with Gasteiger partial charge in [0.25, 0.3) is 5.56 Å². The van der Waals surface area contributed by atoms with Gasteiger partial charge < -0.3 is 10.3 Å². The van der Waals surface area contributed by atoms with E-state index in [1.165, 1.54) is 12.4 Å². The van der Waals surface area contributed by atoms with E-state index in [0.29, 0.717) is 16.6 Å². The molecule has 0 unspecified atom stereocenters. The van der Waals surface area contributed by atoms with Crippen LogP contribution in [0.2, 0.25) is 0 Å². The number of halogens is 2. The number of carbonyl (C=O) groups is 1. The van der Waals surface area contributed by atoms with E-state index < -0.39 is 29.1 Å². The highest BCUT2D eigenvalue weighted by Gasteiger charge is 2.17. The van der Waals surface area contributed by atoms with Gasteiger partial charge in [-0.25, -0.2) is 13.8 Å². The fraction of sp³-hybridized carbons (Fsp3) is 0.211. The average molecular weight is 383 g/mol. The number of carbonyl (C=O) groups excluding carboxylic acids is 1. The smallest absolute Gasteiger partial charge is 0.252 e. The molecule has 0 bridgehead atoms. The van der Waals surface area contributed by atoms with E-state index in [-0.39, 0.29) is 23.2 Å². The van der Waals surface area contributed by atoms with E-state index in [4.69, 9.17) is 5.26 Å². The van der Waals surface area contributed by atoms with Crippen LogP contribution in [0.5, 0.6) is 0 Å². The van der Waals surface area contributed by atoms with Gasteiger partial charge in [0.2, 0.25) is 5.91 Å². The molecule has 142 valence electrons. The summed E-state index contributed by atoms with van der Waals surface area (Å²) in [5.41, 5.74) is 0.787. The lowest BCUT2D eigenvalue weighted by Gasteiger charge is -2.14. The Labute approximate surface area is 158 Å². The summed E-state index contributed by atoms with van der Waals surface area (Å²) in [6.07, 6.45) is 2.43. The molecule has 2 heterocycles. The Hall–Kier alpha value is -3.67. The molecule has 0 aliphatic carbocycles. The van der Waals surface area contributed by atoms with Crippen LogP contribution in [0.25, 0.3) is 10.9 Å². The Morgan fingerprint density at radius 2 is 2.00 bits per heavy atom. The van der Waals surface area contributed by atoms with Crippen LogP contribution in [-0.2, 0) is 11.2 Å². The fourth-order valence-corrected chi connectivity index (χ4v) is 2.85. The number of H-pyrrole nitrogens is 1. The first-order chi connectivity index (χ1) is 13.3. The van der Waals surface area contributed by atoms with Crippen molar-refractivity contribution in [1.82, 2.24) is 20.3 Å². The third kappa shape index (κ3) is 3.71. The van der Waals surface area contributed by atoms with Crippen molar-refractivity contribution in [1.29, 1.82) is 5.26 Å². The molecular formula is C19H15F2N5O2. The van der Waals surface area contributed by atoms with Crippen molar-refractivity contribution in [2.45, 2.75) is 26.3 Å². The van der Waals surface area contributed by atoms with Gasteiger partial charge in [-0.05, 0) is 25.5 Å². The number of hydrogen-bond acceptors (Lipinski definition) is 5. The van der Waals surface area contributed by atoms with Crippen LogP contribution in [0.3, 0.4) is 0 Å². The summed E-state index contributed by atoms with van der Waals surface area (Å²) in [5, 5.41) is 11.8. The minimum Gasteiger partial charge on any atom is -0.348 e. The van der Waals surface area contributed by atoms with Crippen LogP contribution in [-0.4, -0.2) is 20.9 Å². The molecule has 3 aromatic rings. The van der Waals surface area contributed by atoms with Crippen molar-refractivity contribution in [3.63, 3.8) is 0 Å². The van der Waals surface area contributed by atoms with Gasteiger partial charge in [0.15, 0.2) is 17.3 Å². The molecule has 0 radical (unpaired) electrons. The maximum Gasteiger partial charge on any atom is 0.252 e. The van der Waals surface area contributed by atoms with E-state index in [1.54, 1.807) is 13.8 Å². The predicted octanol–water partition coefficient (Wildman–Crippen LogP) is 2.20. The zero-order valence-corrected chi connectivity index (χ0v) is 15.0. The van der Waals surface area contributed by atoms with Gasteiger partial charge in [-0.2, -0.15) is 5.26 Å². The molecule has 1 aromatic carbocycles. The summed E-state index contributed by atoms with van der Waals surface area (Å²) in [5.74, 6) is -2.55. The van der Waals surface area contributed by atoms with Crippen LogP contribution >= 0.6 is 0 Å². The van der Waals surface area contributed by atoms with E-state index in [0.717, 1.165) is 12.1 Å². The van der Waals surface area contributed by atoms with Crippen molar-refractivity contribution < 1.29 is 13.6 Å². The molecule has 7 nitrogen and oxygen atoms in total. The Morgan fingerprint density at radius 3 is 2.64 bits per heavy atom. The van der Waals surface area contributed by atoms with E-state index in [9.17, 15) is 18.4 Å². The Morgan fingerprint density at radius 1 is 1.29 bits per heavy atom. The van der Waals surface area contributed by atoms with Crippen LogP contribution in [0.15, 0.2) is 29.3 Å². The van der Waals surface area contributed by atoms with Crippen LogP contribution < -0.4 is 10.9 Å². The number of fused-ring (bicyclic) bond motifs is 1. The molecule has 2 N–H and O–H groups in total. The average Bonchev–Trinajstić information content (AvgIpc) is 2.67. The number of nitrogens with zero attached hydrogens (tertiary/aromatic N) is 3. The van der Waals surface area contributed by atoms with Gasteiger partial charge in [0.05, 0.1) is 36.1 Å². The minimum atomic E-state index is -1.06. The lowest BCUT2D eigenvalue weighted by atomic mass is 10.0. The molecule has 0 spiro atoms. The van der Waals surface area contributed by atoms with E-state index in [2.05, 4.69) is 20.3 Å². The fourth-order valence-electron chi connectivity index (χ4n) is 2.85.